The number of carbonyl (C=O) groups excluding carboxylic acids is 1. The minimum atomic E-state index is -4.74. The molecule has 0 unspecified atom stereocenters. The van der Waals surface area contributed by atoms with Crippen LogP contribution in [-0.4, -0.2) is 90.8 Å². The smallest absolute Gasteiger partial charge is 0.367 e. The second-order valence-electron chi connectivity index (χ2n) is 10.6. The standard InChI is InChI=1S/C27H33F3N6O2/c1-4-24(37)35-11-9-33(10-12-35)20-16-36(17-20)22-14-23(32-25(21(22)15-31)27(28,29)30)34-7-5-26(6-8-34)18(2)13-19(3)38-26/h4,13-14,19-20H,1,5-12,16-17H2,2-3H3/t19-/m1/s1. The molecular formula is C27H33F3N6O2. The van der Waals surface area contributed by atoms with Crippen molar-refractivity contribution in [2.24, 2.45) is 0 Å². The fourth-order valence-corrected chi connectivity index (χ4v) is 6.16. The molecule has 1 atom stereocenters. The Morgan fingerprint density at radius 1 is 1.18 bits per heavy atom. The van der Waals surface area contributed by atoms with Crippen molar-refractivity contribution in [2.45, 2.75) is 50.6 Å². The van der Waals surface area contributed by atoms with Gasteiger partial charge >= 0.3 is 6.18 Å². The first-order valence-electron chi connectivity index (χ1n) is 13.1. The van der Waals surface area contributed by atoms with Gasteiger partial charge in [-0.3, -0.25) is 9.69 Å². The average molecular weight is 531 g/mol. The summed E-state index contributed by atoms with van der Waals surface area (Å²) in [5.74, 6) is 0.153. The lowest BCUT2D eigenvalue weighted by atomic mass is 9.85. The third-order valence-corrected chi connectivity index (χ3v) is 8.40. The third-order valence-electron chi connectivity index (χ3n) is 8.40. The Bertz CT molecular complexity index is 1170. The van der Waals surface area contributed by atoms with Gasteiger partial charge in [0.15, 0.2) is 5.69 Å². The molecule has 8 nitrogen and oxygen atoms in total. The van der Waals surface area contributed by atoms with Gasteiger partial charge in [0.05, 0.1) is 17.4 Å². The van der Waals surface area contributed by atoms with Crippen LogP contribution in [0.1, 0.15) is 37.9 Å². The zero-order valence-electron chi connectivity index (χ0n) is 21.8. The lowest BCUT2D eigenvalue weighted by Gasteiger charge is -2.49. The molecule has 0 saturated carbocycles. The van der Waals surface area contributed by atoms with Crippen LogP contribution >= 0.6 is 0 Å². The van der Waals surface area contributed by atoms with Crippen LogP contribution in [0.3, 0.4) is 0 Å². The van der Waals surface area contributed by atoms with Crippen LogP contribution in [0.15, 0.2) is 30.4 Å². The van der Waals surface area contributed by atoms with Gasteiger partial charge in [-0.05, 0) is 38.3 Å². The van der Waals surface area contributed by atoms with Crippen molar-refractivity contribution in [3.8, 4) is 6.07 Å². The van der Waals surface area contributed by atoms with E-state index in [1.54, 1.807) is 17.0 Å². The Kier molecular flexibility index (Phi) is 6.90. The number of alkyl halides is 3. The van der Waals surface area contributed by atoms with Crippen LogP contribution in [-0.2, 0) is 15.7 Å². The SMILES string of the molecule is C=CC(=O)N1CCN(C2CN(c3cc(N4CCC5(CC4)O[C@H](C)C=C5C)nc(C(F)(F)F)c3C#N)C2)CC1. The van der Waals surface area contributed by atoms with Crippen molar-refractivity contribution < 1.29 is 22.7 Å². The van der Waals surface area contributed by atoms with Crippen molar-refractivity contribution >= 4 is 17.4 Å². The maximum Gasteiger partial charge on any atom is 0.434 e. The van der Waals surface area contributed by atoms with E-state index in [1.165, 1.54) is 11.6 Å². The Labute approximate surface area is 220 Å². The monoisotopic (exact) mass is 530 g/mol. The lowest BCUT2D eigenvalue weighted by Crippen LogP contribution is -2.63. The summed E-state index contributed by atoms with van der Waals surface area (Å²) in [5, 5.41) is 9.74. The zero-order valence-corrected chi connectivity index (χ0v) is 21.8. The van der Waals surface area contributed by atoms with E-state index in [0.29, 0.717) is 65.2 Å². The second-order valence-corrected chi connectivity index (χ2v) is 10.6. The largest absolute Gasteiger partial charge is 0.434 e. The summed E-state index contributed by atoms with van der Waals surface area (Å²) in [6.07, 6.45) is 0.0448. The number of nitriles is 1. The summed E-state index contributed by atoms with van der Waals surface area (Å²) in [5.41, 5.74) is -0.460. The summed E-state index contributed by atoms with van der Waals surface area (Å²) < 4.78 is 48.4. The van der Waals surface area contributed by atoms with E-state index in [4.69, 9.17) is 4.74 Å². The molecule has 204 valence electrons. The number of piperidine rings is 1. The van der Waals surface area contributed by atoms with Crippen molar-refractivity contribution in [3.63, 3.8) is 0 Å². The molecule has 0 radical (unpaired) electrons. The molecule has 4 aliphatic heterocycles. The Hall–Kier alpha value is -3.10. The minimum Gasteiger partial charge on any atom is -0.367 e. The summed E-state index contributed by atoms with van der Waals surface area (Å²) in [6, 6.07) is 3.58. The van der Waals surface area contributed by atoms with E-state index in [9.17, 15) is 23.2 Å². The van der Waals surface area contributed by atoms with Crippen LogP contribution in [0.5, 0.6) is 0 Å². The van der Waals surface area contributed by atoms with Gasteiger partial charge in [0, 0.05) is 64.5 Å². The molecule has 1 aromatic rings. The number of hydrogen-bond acceptors (Lipinski definition) is 7. The van der Waals surface area contributed by atoms with E-state index < -0.39 is 17.4 Å². The van der Waals surface area contributed by atoms with Gasteiger partial charge < -0.3 is 19.4 Å². The number of piperazine rings is 1. The quantitative estimate of drug-likeness (QED) is 0.437. The van der Waals surface area contributed by atoms with Crippen molar-refractivity contribution in [3.05, 3.63) is 41.6 Å². The Balaban J connectivity index is 1.33. The number of nitrogens with zero attached hydrogens (tertiary/aromatic N) is 6. The van der Waals surface area contributed by atoms with Crippen LogP contribution in [0.2, 0.25) is 0 Å². The molecule has 3 fully saturated rings. The van der Waals surface area contributed by atoms with E-state index in [-0.39, 0.29) is 35.2 Å². The summed E-state index contributed by atoms with van der Waals surface area (Å²) in [4.78, 5) is 23.5. The molecule has 4 aliphatic rings. The number of carbonyl (C=O) groups is 1. The molecule has 1 amide bonds. The predicted molar refractivity (Wildman–Crippen MR) is 137 cm³/mol. The second kappa shape index (κ2) is 9.89. The first-order valence-corrected chi connectivity index (χ1v) is 13.1. The maximum atomic E-state index is 14.1. The van der Waals surface area contributed by atoms with Crippen molar-refractivity contribution in [1.29, 1.82) is 5.26 Å². The van der Waals surface area contributed by atoms with Crippen LogP contribution in [0, 0.1) is 11.3 Å². The molecule has 5 heterocycles. The number of halogens is 3. The number of ether oxygens (including phenoxy) is 1. The number of anilines is 2. The minimum absolute atomic E-state index is 0.0304. The van der Waals surface area contributed by atoms with Crippen LogP contribution < -0.4 is 9.80 Å². The molecule has 5 rings (SSSR count). The van der Waals surface area contributed by atoms with Crippen LogP contribution in [0.25, 0.3) is 0 Å². The highest BCUT2D eigenvalue weighted by molar-refractivity contribution is 5.87. The number of rotatable bonds is 4. The number of amides is 1. The highest BCUT2D eigenvalue weighted by atomic mass is 19.4. The van der Waals surface area contributed by atoms with E-state index in [1.807, 2.05) is 16.7 Å². The van der Waals surface area contributed by atoms with Gasteiger partial charge in [-0.25, -0.2) is 4.98 Å². The summed E-state index contributed by atoms with van der Waals surface area (Å²) in [6.45, 7) is 12.2. The third kappa shape index (κ3) is 4.76. The predicted octanol–water partition coefficient (Wildman–Crippen LogP) is 3.19. The molecule has 0 aliphatic carbocycles. The number of hydrogen-bond donors (Lipinski definition) is 0. The van der Waals surface area contributed by atoms with Gasteiger partial charge in [-0.2, -0.15) is 18.4 Å². The van der Waals surface area contributed by atoms with Crippen molar-refractivity contribution in [1.82, 2.24) is 14.8 Å². The van der Waals surface area contributed by atoms with Crippen LogP contribution in [0.4, 0.5) is 24.7 Å². The Morgan fingerprint density at radius 3 is 2.37 bits per heavy atom. The normalized spacial score (nSPS) is 24.3. The molecule has 3 saturated heterocycles. The number of aromatic nitrogens is 1. The fraction of sp³-hybridized carbons (Fsp3) is 0.593. The first kappa shape index (κ1) is 26.5. The van der Waals surface area contributed by atoms with Gasteiger partial charge in [0.25, 0.3) is 0 Å². The molecule has 11 heteroatoms. The molecule has 0 aromatic carbocycles. The highest BCUT2D eigenvalue weighted by Crippen LogP contribution is 2.42. The van der Waals surface area contributed by atoms with Gasteiger partial charge in [-0.15, -0.1) is 0 Å². The molecular weight excluding hydrogens is 497 g/mol. The first-order chi connectivity index (χ1) is 18.0. The van der Waals surface area contributed by atoms with E-state index in [2.05, 4.69) is 29.5 Å². The van der Waals surface area contributed by atoms with Gasteiger partial charge in [0.1, 0.15) is 17.5 Å². The summed E-state index contributed by atoms with van der Waals surface area (Å²) >= 11 is 0. The fourth-order valence-electron chi connectivity index (χ4n) is 6.16. The zero-order chi connectivity index (χ0) is 27.2. The molecule has 0 N–H and O–H groups in total. The van der Waals surface area contributed by atoms with Gasteiger partial charge in [0.2, 0.25) is 5.91 Å². The van der Waals surface area contributed by atoms with E-state index >= 15 is 0 Å². The number of pyridine rings is 1. The molecule has 1 spiro atoms. The lowest BCUT2D eigenvalue weighted by molar-refractivity contribution is -0.141. The molecule has 38 heavy (non-hydrogen) atoms. The van der Waals surface area contributed by atoms with E-state index in [0.717, 1.165) is 0 Å². The Morgan fingerprint density at radius 2 is 1.84 bits per heavy atom. The van der Waals surface area contributed by atoms with Gasteiger partial charge in [-0.1, -0.05) is 12.7 Å². The maximum absolute atomic E-state index is 14.1. The average Bonchev–Trinajstić information content (AvgIpc) is 3.14. The highest BCUT2D eigenvalue weighted by Gasteiger charge is 2.44. The van der Waals surface area contributed by atoms with Crippen molar-refractivity contribution in [2.75, 3.05) is 62.2 Å². The molecule has 0 bridgehead atoms. The summed E-state index contributed by atoms with van der Waals surface area (Å²) in [7, 11) is 0. The molecule has 1 aromatic heterocycles. The topological polar surface area (TPSA) is 75.9 Å².